The number of likely N-dealkylation sites (tertiary alicyclic amines) is 1. The lowest BCUT2D eigenvalue weighted by atomic mass is 10.2. The van der Waals surface area contributed by atoms with Crippen molar-refractivity contribution < 1.29 is 9.53 Å². The molecular weight excluding hydrogens is 302 g/mol. The molecule has 0 aliphatic carbocycles. The summed E-state index contributed by atoms with van der Waals surface area (Å²) in [4.78, 5) is 14.9. The molecule has 1 amide bonds. The van der Waals surface area contributed by atoms with Gasteiger partial charge in [-0.15, -0.1) is 12.6 Å². The van der Waals surface area contributed by atoms with Crippen LogP contribution in [0.15, 0.2) is 27.6 Å². The first kappa shape index (κ1) is 12.9. The molecule has 17 heavy (non-hydrogen) atoms. The molecule has 1 aromatic carbocycles. The van der Waals surface area contributed by atoms with Crippen LogP contribution in [-0.4, -0.2) is 37.1 Å². The average Bonchev–Trinajstić information content (AvgIpc) is 2.80. The maximum Gasteiger partial charge on any atom is 0.255 e. The third-order valence-corrected chi connectivity index (χ3v) is 3.92. The van der Waals surface area contributed by atoms with Crippen molar-refractivity contribution in [1.82, 2.24) is 4.90 Å². The first-order valence-electron chi connectivity index (χ1n) is 5.42. The van der Waals surface area contributed by atoms with Gasteiger partial charge >= 0.3 is 0 Å². The van der Waals surface area contributed by atoms with Gasteiger partial charge in [-0.25, -0.2) is 0 Å². The van der Waals surface area contributed by atoms with Gasteiger partial charge in [0.25, 0.3) is 5.91 Å². The summed E-state index contributed by atoms with van der Waals surface area (Å²) in [6.07, 6.45) is 1.07. The summed E-state index contributed by atoms with van der Waals surface area (Å²) < 4.78 is 6.07. The molecule has 1 unspecified atom stereocenters. The Labute approximate surface area is 115 Å². The quantitative estimate of drug-likeness (QED) is 0.850. The summed E-state index contributed by atoms with van der Waals surface area (Å²) in [5.41, 5.74) is 0.661. The summed E-state index contributed by atoms with van der Waals surface area (Å²) in [6.45, 7) is 1.42. The van der Waals surface area contributed by atoms with Gasteiger partial charge in [-0.2, -0.15) is 0 Å². The Morgan fingerprint density at radius 3 is 3.00 bits per heavy atom. The maximum absolute atomic E-state index is 12.3. The number of halogens is 1. The third-order valence-electron chi connectivity index (χ3n) is 2.95. The molecule has 0 radical (unpaired) electrons. The molecule has 1 saturated heterocycles. The Bertz CT molecular complexity index is 439. The zero-order valence-corrected chi connectivity index (χ0v) is 12.0. The predicted octanol–water partition coefficient (Wildman–Crippen LogP) is 2.60. The van der Waals surface area contributed by atoms with Crippen molar-refractivity contribution in [2.24, 2.45) is 0 Å². The Morgan fingerprint density at radius 1 is 1.59 bits per heavy atom. The van der Waals surface area contributed by atoms with E-state index in [1.165, 1.54) is 0 Å². The van der Waals surface area contributed by atoms with Gasteiger partial charge in [0.1, 0.15) is 0 Å². The highest BCUT2D eigenvalue weighted by Gasteiger charge is 2.27. The number of carbonyl (C=O) groups is 1. The largest absolute Gasteiger partial charge is 0.380 e. The molecule has 5 heteroatoms. The maximum atomic E-state index is 12.3. The fourth-order valence-electron chi connectivity index (χ4n) is 1.95. The Kier molecular flexibility index (Phi) is 4.12. The van der Waals surface area contributed by atoms with Crippen LogP contribution in [0.4, 0.5) is 0 Å². The number of nitrogens with zero attached hydrogens (tertiary/aromatic N) is 1. The molecule has 3 nitrogen and oxygen atoms in total. The van der Waals surface area contributed by atoms with Crippen LogP contribution in [0, 0.1) is 0 Å². The lowest BCUT2D eigenvalue weighted by molar-refractivity contribution is 0.0723. The van der Waals surface area contributed by atoms with E-state index in [-0.39, 0.29) is 12.0 Å². The number of hydrogen-bond acceptors (Lipinski definition) is 3. The van der Waals surface area contributed by atoms with Crippen molar-refractivity contribution in [3.63, 3.8) is 0 Å². The van der Waals surface area contributed by atoms with E-state index in [9.17, 15) is 4.79 Å². The Balaban J connectivity index is 2.17. The molecule has 1 atom stereocenters. The lowest BCUT2D eigenvalue weighted by Gasteiger charge is -2.17. The van der Waals surface area contributed by atoms with E-state index >= 15 is 0 Å². The van der Waals surface area contributed by atoms with Gasteiger partial charge in [-0.3, -0.25) is 4.79 Å². The lowest BCUT2D eigenvalue weighted by Crippen LogP contribution is -2.30. The van der Waals surface area contributed by atoms with Gasteiger partial charge in [0.2, 0.25) is 0 Å². The van der Waals surface area contributed by atoms with Crippen molar-refractivity contribution in [3.05, 3.63) is 28.2 Å². The fraction of sp³-hybridized carbons (Fsp3) is 0.417. The Morgan fingerprint density at radius 2 is 2.35 bits per heavy atom. The molecule has 2 rings (SSSR count). The van der Waals surface area contributed by atoms with E-state index in [0.29, 0.717) is 12.1 Å². The van der Waals surface area contributed by atoms with Crippen LogP contribution in [0.2, 0.25) is 0 Å². The normalized spacial score (nSPS) is 19.7. The van der Waals surface area contributed by atoms with Gasteiger partial charge in [-0.1, -0.05) is 0 Å². The first-order chi connectivity index (χ1) is 8.11. The smallest absolute Gasteiger partial charge is 0.255 e. The highest BCUT2D eigenvalue weighted by Crippen LogP contribution is 2.23. The van der Waals surface area contributed by atoms with Crippen molar-refractivity contribution in [2.45, 2.75) is 17.4 Å². The van der Waals surface area contributed by atoms with Crippen LogP contribution in [0.1, 0.15) is 16.8 Å². The summed E-state index contributed by atoms with van der Waals surface area (Å²) in [5.74, 6) is 0.0346. The molecule has 1 aromatic rings. The zero-order chi connectivity index (χ0) is 12.4. The van der Waals surface area contributed by atoms with Gasteiger partial charge in [-0.05, 0) is 40.5 Å². The SMILES string of the molecule is COC1CCN(C(=O)c2cc(S)ccc2Br)C1. The minimum Gasteiger partial charge on any atom is -0.380 e. The van der Waals surface area contributed by atoms with Crippen molar-refractivity contribution in [1.29, 1.82) is 0 Å². The summed E-state index contributed by atoms with van der Waals surface area (Å²) >= 11 is 7.66. The molecule has 1 aliphatic rings. The van der Waals surface area contributed by atoms with E-state index in [1.807, 2.05) is 17.0 Å². The van der Waals surface area contributed by atoms with E-state index in [0.717, 1.165) is 22.3 Å². The topological polar surface area (TPSA) is 29.5 Å². The van der Waals surface area contributed by atoms with E-state index < -0.39 is 0 Å². The molecule has 1 fully saturated rings. The molecule has 1 aliphatic heterocycles. The van der Waals surface area contributed by atoms with Crippen LogP contribution >= 0.6 is 28.6 Å². The summed E-state index contributed by atoms with van der Waals surface area (Å²) in [6, 6.07) is 5.49. The van der Waals surface area contributed by atoms with Crippen molar-refractivity contribution in [3.8, 4) is 0 Å². The number of methoxy groups -OCH3 is 1. The molecule has 0 spiro atoms. The summed E-state index contributed by atoms with van der Waals surface area (Å²) in [7, 11) is 1.68. The van der Waals surface area contributed by atoms with Gasteiger partial charge < -0.3 is 9.64 Å². The molecule has 1 heterocycles. The second kappa shape index (κ2) is 5.42. The van der Waals surface area contributed by atoms with Crippen LogP contribution in [0.3, 0.4) is 0 Å². The number of rotatable bonds is 2. The summed E-state index contributed by atoms with van der Waals surface area (Å²) in [5, 5.41) is 0. The van der Waals surface area contributed by atoms with E-state index in [1.54, 1.807) is 13.2 Å². The zero-order valence-electron chi connectivity index (χ0n) is 9.52. The average molecular weight is 316 g/mol. The number of thiol groups is 1. The van der Waals surface area contributed by atoms with Crippen LogP contribution in [-0.2, 0) is 4.74 Å². The van der Waals surface area contributed by atoms with Crippen molar-refractivity contribution in [2.75, 3.05) is 20.2 Å². The number of benzene rings is 1. The third kappa shape index (κ3) is 2.84. The highest BCUT2D eigenvalue weighted by molar-refractivity contribution is 9.10. The van der Waals surface area contributed by atoms with E-state index in [2.05, 4.69) is 28.6 Å². The Hall–Kier alpha value is -0.520. The molecular formula is C12H14BrNO2S. The van der Waals surface area contributed by atoms with Gasteiger partial charge in [0.15, 0.2) is 0 Å². The van der Waals surface area contributed by atoms with Crippen LogP contribution < -0.4 is 0 Å². The number of carbonyl (C=O) groups excluding carboxylic acids is 1. The minimum absolute atomic E-state index is 0.0346. The van der Waals surface area contributed by atoms with Gasteiger partial charge in [0.05, 0.1) is 11.7 Å². The molecule has 0 saturated carbocycles. The van der Waals surface area contributed by atoms with Crippen LogP contribution in [0.25, 0.3) is 0 Å². The first-order valence-corrected chi connectivity index (χ1v) is 6.66. The monoisotopic (exact) mass is 315 g/mol. The van der Waals surface area contributed by atoms with Crippen LogP contribution in [0.5, 0.6) is 0 Å². The minimum atomic E-state index is 0.0346. The predicted molar refractivity (Wildman–Crippen MR) is 72.7 cm³/mol. The highest BCUT2D eigenvalue weighted by atomic mass is 79.9. The number of hydrogen-bond donors (Lipinski definition) is 1. The molecule has 0 aromatic heterocycles. The molecule has 0 N–H and O–H groups in total. The number of ether oxygens (including phenoxy) is 1. The number of amides is 1. The molecule has 0 bridgehead atoms. The molecule has 92 valence electrons. The van der Waals surface area contributed by atoms with E-state index in [4.69, 9.17) is 4.74 Å². The van der Waals surface area contributed by atoms with Gasteiger partial charge in [0, 0.05) is 29.6 Å². The fourth-order valence-corrected chi connectivity index (χ4v) is 2.57. The standard InChI is InChI=1S/C12H14BrNO2S/c1-16-8-4-5-14(7-8)12(15)10-6-9(17)2-3-11(10)13/h2-3,6,8,17H,4-5,7H2,1H3. The second-order valence-electron chi connectivity index (χ2n) is 4.06. The van der Waals surface area contributed by atoms with Crippen molar-refractivity contribution >= 4 is 34.5 Å². The second-order valence-corrected chi connectivity index (χ2v) is 5.43.